The second kappa shape index (κ2) is 7.75. The van der Waals surface area contributed by atoms with E-state index in [1.54, 1.807) is 0 Å². The Kier molecular flexibility index (Phi) is 6.49. The van der Waals surface area contributed by atoms with Gasteiger partial charge in [-0.05, 0) is 31.9 Å². The van der Waals surface area contributed by atoms with Crippen molar-refractivity contribution in [1.29, 1.82) is 0 Å². The van der Waals surface area contributed by atoms with Crippen LogP contribution in [0.2, 0.25) is 0 Å². The second-order valence-corrected chi connectivity index (χ2v) is 4.20. The second-order valence-electron chi connectivity index (χ2n) is 4.20. The van der Waals surface area contributed by atoms with E-state index in [1.165, 1.54) is 44.3 Å². The summed E-state index contributed by atoms with van der Waals surface area (Å²) < 4.78 is 5.72. The number of nitrogens with one attached hydrogen (secondary N) is 1. The Labute approximate surface area is 94.1 Å². The molecule has 0 aliphatic carbocycles. The number of hydrogen-bond acceptors (Lipinski definition) is 2. The molecule has 1 aliphatic heterocycles. The molecule has 0 fully saturated rings. The van der Waals surface area contributed by atoms with E-state index in [9.17, 15) is 0 Å². The quantitative estimate of drug-likeness (QED) is 0.653. The van der Waals surface area contributed by atoms with Gasteiger partial charge in [0.2, 0.25) is 0 Å². The molecule has 15 heavy (non-hydrogen) atoms. The highest BCUT2D eigenvalue weighted by Crippen LogP contribution is 2.17. The minimum Gasteiger partial charge on any atom is -0.497 e. The van der Waals surface area contributed by atoms with Crippen molar-refractivity contribution in [1.82, 2.24) is 5.32 Å². The first-order chi connectivity index (χ1) is 7.38. The molecule has 88 valence electrons. The Balaban J connectivity index is 2.37. The van der Waals surface area contributed by atoms with Crippen LogP contribution < -0.4 is 5.32 Å². The Morgan fingerprint density at radius 2 is 2.27 bits per heavy atom. The number of allylic oxidation sites excluding steroid dienone is 1. The number of hydrogen-bond donors (Lipinski definition) is 1. The monoisotopic (exact) mass is 211 g/mol. The predicted octanol–water partition coefficient (Wildman–Crippen LogP) is 3.24. The fraction of sp³-hybridized carbons (Fsp3) is 0.846. The molecule has 0 aromatic rings. The van der Waals surface area contributed by atoms with Gasteiger partial charge in [0.25, 0.3) is 0 Å². The maximum absolute atomic E-state index is 5.72. The molecule has 0 aromatic carbocycles. The van der Waals surface area contributed by atoms with Crippen LogP contribution in [0.5, 0.6) is 0 Å². The van der Waals surface area contributed by atoms with Gasteiger partial charge in [-0.2, -0.15) is 0 Å². The first-order valence-corrected chi connectivity index (χ1v) is 6.44. The summed E-state index contributed by atoms with van der Waals surface area (Å²) in [7, 11) is 0. The molecule has 1 rings (SSSR count). The van der Waals surface area contributed by atoms with Crippen LogP contribution in [-0.4, -0.2) is 19.2 Å². The molecule has 0 saturated heterocycles. The molecule has 1 unspecified atom stereocenters. The van der Waals surface area contributed by atoms with Gasteiger partial charge in [0.05, 0.1) is 12.6 Å². The molecule has 0 bridgehead atoms. The van der Waals surface area contributed by atoms with Crippen molar-refractivity contribution >= 4 is 0 Å². The van der Waals surface area contributed by atoms with Crippen LogP contribution in [0.25, 0.3) is 0 Å². The minimum atomic E-state index is 0.460. The Morgan fingerprint density at radius 1 is 1.40 bits per heavy atom. The lowest BCUT2D eigenvalue weighted by Gasteiger charge is -2.24. The van der Waals surface area contributed by atoms with Crippen molar-refractivity contribution in [2.45, 2.75) is 58.4 Å². The third-order valence-corrected chi connectivity index (χ3v) is 2.85. The lowest BCUT2D eigenvalue weighted by Crippen LogP contribution is -2.32. The molecule has 0 saturated carbocycles. The van der Waals surface area contributed by atoms with Crippen LogP contribution in [0.3, 0.4) is 0 Å². The van der Waals surface area contributed by atoms with E-state index in [0.717, 1.165) is 13.2 Å². The lowest BCUT2D eigenvalue weighted by atomic mass is 10.0. The molecule has 1 aliphatic rings. The number of ether oxygens (including phenoxy) is 1. The van der Waals surface area contributed by atoms with Gasteiger partial charge in [0, 0.05) is 0 Å². The third-order valence-electron chi connectivity index (χ3n) is 2.85. The van der Waals surface area contributed by atoms with Crippen LogP contribution in [0, 0.1) is 0 Å². The van der Waals surface area contributed by atoms with Crippen molar-refractivity contribution in [3.05, 3.63) is 11.8 Å². The highest BCUT2D eigenvalue weighted by molar-refractivity contribution is 5.05. The first-order valence-electron chi connectivity index (χ1n) is 6.44. The highest BCUT2D eigenvalue weighted by atomic mass is 16.5. The average molecular weight is 211 g/mol. The minimum absolute atomic E-state index is 0.460. The van der Waals surface area contributed by atoms with Gasteiger partial charge in [-0.3, -0.25) is 0 Å². The molecule has 0 amide bonds. The molecule has 2 nitrogen and oxygen atoms in total. The van der Waals surface area contributed by atoms with Gasteiger partial charge in [0.15, 0.2) is 0 Å². The molecule has 1 N–H and O–H groups in total. The smallest absolute Gasteiger partial charge is 0.109 e. The van der Waals surface area contributed by atoms with Crippen molar-refractivity contribution in [2.75, 3.05) is 13.2 Å². The number of rotatable bonds is 7. The molecular formula is C13H25NO. The normalized spacial score (nSPS) is 18.1. The van der Waals surface area contributed by atoms with Crippen molar-refractivity contribution < 1.29 is 4.74 Å². The third kappa shape index (κ3) is 4.70. The zero-order valence-electron chi connectivity index (χ0n) is 10.2. The number of unbranched alkanes of at least 4 members (excludes halogenated alkanes) is 2. The fourth-order valence-electron chi connectivity index (χ4n) is 2.01. The van der Waals surface area contributed by atoms with Gasteiger partial charge >= 0.3 is 0 Å². The summed E-state index contributed by atoms with van der Waals surface area (Å²) in [6.45, 7) is 6.34. The summed E-state index contributed by atoms with van der Waals surface area (Å²) in [5, 5.41) is 3.52. The van der Waals surface area contributed by atoms with E-state index in [0.29, 0.717) is 6.04 Å². The summed E-state index contributed by atoms with van der Waals surface area (Å²) >= 11 is 0. The van der Waals surface area contributed by atoms with Crippen molar-refractivity contribution in [3.8, 4) is 0 Å². The summed E-state index contributed by atoms with van der Waals surface area (Å²) in [5.74, 6) is 1.19. The van der Waals surface area contributed by atoms with Crippen LogP contribution in [-0.2, 0) is 4.74 Å². The summed E-state index contributed by atoms with van der Waals surface area (Å²) in [4.78, 5) is 0. The maximum atomic E-state index is 5.72. The van der Waals surface area contributed by atoms with Crippen LogP contribution in [0.4, 0.5) is 0 Å². The first kappa shape index (κ1) is 12.6. The van der Waals surface area contributed by atoms with E-state index in [-0.39, 0.29) is 0 Å². The predicted molar refractivity (Wildman–Crippen MR) is 64.9 cm³/mol. The van der Waals surface area contributed by atoms with Gasteiger partial charge in [-0.1, -0.05) is 33.1 Å². The maximum Gasteiger partial charge on any atom is 0.109 e. The van der Waals surface area contributed by atoms with Crippen LogP contribution in [0.15, 0.2) is 11.8 Å². The Morgan fingerprint density at radius 3 is 2.87 bits per heavy atom. The van der Waals surface area contributed by atoms with E-state index >= 15 is 0 Å². The summed E-state index contributed by atoms with van der Waals surface area (Å²) in [6.07, 6.45) is 9.77. The summed E-state index contributed by atoms with van der Waals surface area (Å²) in [6, 6.07) is 0.460. The van der Waals surface area contributed by atoms with Gasteiger partial charge in [-0.15, -0.1) is 0 Å². The van der Waals surface area contributed by atoms with Gasteiger partial charge in [0.1, 0.15) is 5.76 Å². The molecule has 1 heterocycles. The Bertz CT molecular complexity index is 189. The topological polar surface area (TPSA) is 21.3 Å². The van der Waals surface area contributed by atoms with Crippen molar-refractivity contribution in [3.63, 3.8) is 0 Å². The average Bonchev–Trinajstić information content (AvgIpc) is 2.29. The molecule has 2 heteroatoms. The van der Waals surface area contributed by atoms with E-state index < -0.39 is 0 Å². The SMILES string of the molecule is CCCCCC(NCC)C1=CCCCO1. The molecule has 1 atom stereocenters. The fourth-order valence-corrected chi connectivity index (χ4v) is 2.01. The molecule has 0 spiro atoms. The highest BCUT2D eigenvalue weighted by Gasteiger charge is 2.15. The van der Waals surface area contributed by atoms with Crippen molar-refractivity contribution in [2.24, 2.45) is 0 Å². The van der Waals surface area contributed by atoms with Gasteiger partial charge < -0.3 is 10.1 Å². The standard InChI is InChI=1S/C13H25NO/c1-3-5-6-9-12(14-4-2)13-10-7-8-11-15-13/h10,12,14H,3-9,11H2,1-2H3. The lowest BCUT2D eigenvalue weighted by molar-refractivity contribution is 0.164. The van der Waals surface area contributed by atoms with E-state index in [2.05, 4.69) is 25.2 Å². The van der Waals surface area contributed by atoms with E-state index in [4.69, 9.17) is 4.74 Å². The molecular weight excluding hydrogens is 186 g/mol. The van der Waals surface area contributed by atoms with Crippen LogP contribution >= 0.6 is 0 Å². The molecule has 0 radical (unpaired) electrons. The Hall–Kier alpha value is -0.500. The molecule has 0 aromatic heterocycles. The summed E-state index contributed by atoms with van der Waals surface area (Å²) in [5.41, 5.74) is 0. The number of likely N-dealkylation sites (N-methyl/N-ethyl adjacent to an activating group) is 1. The zero-order valence-corrected chi connectivity index (χ0v) is 10.2. The van der Waals surface area contributed by atoms with E-state index in [1.807, 2.05) is 0 Å². The zero-order chi connectivity index (χ0) is 10.9. The van der Waals surface area contributed by atoms with Gasteiger partial charge in [-0.25, -0.2) is 0 Å². The largest absolute Gasteiger partial charge is 0.497 e. The van der Waals surface area contributed by atoms with Crippen LogP contribution in [0.1, 0.15) is 52.4 Å².